The van der Waals surface area contributed by atoms with Crippen molar-refractivity contribution < 1.29 is 23.5 Å². The number of aromatic nitrogens is 1. The van der Waals surface area contributed by atoms with E-state index in [0.717, 1.165) is 0 Å². The summed E-state index contributed by atoms with van der Waals surface area (Å²) in [5, 5.41) is 2.59. The first kappa shape index (κ1) is 20.1. The second-order valence-electron chi connectivity index (χ2n) is 6.46. The van der Waals surface area contributed by atoms with Gasteiger partial charge in [0.25, 0.3) is 5.91 Å². The number of benzene rings is 2. The van der Waals surface area contributed by atoms with Crippen LogP contribution in [-0.4, -0.2) is 28.3 Å². The maximum absolute atomic E-state index is 12.3. The number of esters is 1. The van der Waals surface area contributed by atoms with Crippen LogP contribution in [0.3, 0.4) is 0 Å². The molecule has 8 nitrogen and oxygen atoms in total. The lowest BCUT2D eigenvalue weighted by molar-refractivity contribution is -0.153. The van der Waals surface area contributed by atoms with Crippen molar-refractivity contribution in [1.29, 1.82) is 0 Å². The van der Waals surface area contributed by atoms with Gasteiger partial charge in [-0.15, -0.1) is 0 Å². The summed E-state index contributed by atoms with van der Waals surface area (Å²) in [6.45, 7) is 2.90. The molecule has 0 bridgehead atoms. The van der Waals surface area contributed by atoms with Crippen molar-refractivity contribution in [3.05, 3.63) is 64.6 Å². The van der Waals surface area contributed by atoms with Gasteiger partial charge >= 0.3 is 11.7 Å². The van der Waals surface area contributed by atoms with E-state index in [1.165, 1.54) is 18.4 Å². The monoisotopic (exact) mass is 396 g/mol. The van der Waals surface area contributed by atoms with Gasteiger partial charge in [-0.25, -0.2) is 4.79 Å². The highest BCUT2D eigenvalue weighted by Crippen LogP contribution is 2.16. The lowest BCUT2D eigenvalue weighted by atomic mass is 10.1. The maximum atomic E-state index is 12.3. The molecule has 0 spiro atoms. The Kier molecular flexibility index (Phi) is 5.92. The van der Waals surface area contributed by atoms with Crippen LogP contribution in [0.1, 0.15) is 30.6 Å². The van der Waals surface area contributed by atoms with Gasteiger partial charge < -0.3 is 14.5 Å². The lowest BCUT2D eigenvalue weighted by Crippen LogP contribution is -2.31. The normalized spacial score (nSPS) is 11.8. The molecule has 1 heterocycles. The molecule has 0 unspecified atom stereocenters. The molecule has 3 aromatic rings. The third-order valence-corrected chi connectivity index (χ3v) is 4.35. The number of carbonyl (C=O) groups is 3. The Morgan fingerprint density at radius 3 is 2.55 bits per heavy atom. The van der Waals surface area contributed by atoms with Gasteiger partial charge in [0.05, 0.1) is 17.6 Å². The molecular weight excluding hydrogens is 376 g/mol. The van der Waals surface area contributed by atoms with E-state index >= 15 is 0 Å². The minimum Gasteiger partial charge on any atom is -0.452 e. The molecule has 0 radical (unpaired) electrons. The molecule has 2 aromatic carbocycles. The lowest BCUT2D eigenvalue weighted by Gasteiger charge is -2.15. The number of ether oxygens (including phenoxy) is 1. The van der Waals surface area contributed by atoms with E-state index < -0.39 is 23.7 Å². The summed E-state index contributed by atoms with van der Waals surface area (Å²) in [4.78, 5) is 48.0. The van der Waals surface area contributed by atoms with Gasteiger partial charge in [0.15, 0.2) is 17.5 Å². The standard InChI is InChI=1S/C21H20N2O6/c1-13(24)15-7-3-4-8-16(15)22-20(26)14(2)28-19(25)11-12-23-17-9-5-6-10-18(17)29-21(23)27/h3-10,14H,11-12H2,1-2H3,(H,22,26)/t14-/m1/s1. The highest BCUT2D eigenvalue weighted by atomic mass is 16.5. The predicted octanol–water partition coefficient (Wildman–Crippen LogP) is 2.76. The van der Waals surface area contributed by atoms with Crippen LogP contribution in [0.2, 0.25) is 0 Å². The van der Waals surface area contributed by atoms with Gasteiger partial charge in [0.2, 0.25) is 0 Å². The zero-order chi connectivity index (χ0) is 21.0. The molecule has 1 atom stereocenters. The molecule has 1 amide bonds. The van der Waals surface area contributed by atoms with Crippen LogP contribution in [0.5, 0.6) is 0 Å². The molecule has 8 heteroatoms. The van der Waals surface area contributed by atoms with Crippen molar-refractivity contribution in [2.24, 2.45) is 0 Å². The number of nitrogens with one attached hydrogen (secondary N) is 1. The number of fused-ring (bicyclic) bond motifs is 1. The molecule has 1 N–H and O–H groups in total. The van der Waals surface area contributed by atoms with Crippen LogP contribution in [0.15, 0.2) is 57.7 Å². The molecule has 0 aliphatic rings. The van der Waals surface area contributed by atoms with Gasteiger partial charge in [0.1, 0.15) is 0 Å². The zero-order valence-corrected chi connectivity index (χ0v) is 16.0. The molecule has 0 fully saturated rings. The Balaban J connectivity index is 1.59. The quantitative estimate of drug-likeness (QED) is 0.486. The van der Waals surface area contributed by atoms with E-state index in [-0.39, 0.29) is 18.7 Å². The summed E-state index contributed by atoms with van der Waals surface area (Å²) in [5.74, 6) is -1.95. The van der Waals surface area contributed by atoms with E-state index in [1.54, 1.807) is 48.5 Å². The SMILES string of the molecule is CC(=O)c1ccccc1NC(=O)[C@@H](C)OC(=O)CCn1c(=O)oc2ccccc21. The summed E-state index contributed by atoms with van der Waals surface area (Å²) in [6.07, 6.45) is -1.18. The van der Waals surface area contributed by atoms with Crippen LogP contribution in [0, 0.1) is 0 Å². The number of carbonyl (C=O) groups excluding carboxylic acids is 3. The first-order chi connectivity index (χ1) is 13.9. The fraction of sp³-hybridized carbons (Fsp3) is 0.238. The van der Waals surface area contributed by atoms with E-state index in [9.17, 15) is 19.2 Å². The predicted molar refractivity (Wildman–Crippen MR) is 106 cm³/mol. The largest absolute Gasteiger partial charge is 0.452 e. The van der Waals surface area contributed by atoms with E-state index in [1.807, 2.05) is 0 Å². The van der Waals surface area contributed by atoms with Crippen LogP contribution in [0.4, 0.5) is 5.69 Å². The van der Waals surface area contributed by atoms with Crippen molar-refractivity contribution in [3.8, 4) is 0 Å². The van der Waals surface area contributed by atoms with Crippen LogP contribution in [-0.2, 0) is 20.9 Å². The van der Waals surface area contributed by atoms with Crippen LogP contribution >= 0.6 is 0 Å². The number of hydrogen-bond donors (Lipinski definition) is 1. The number of Topliss-reactive ketones (excluding diaryl/α,β-unsaturated/α-hetero) is 1. The summed E-state index contributed by atoms with van der Waals surface area (Å²) in [7, 11) is 0. The van der Waals surface area contributed by atoms with E-state index in [0.29, 0.717) is 22.4 Å². The Morgan fingerprint density at radius 2 is 1.79 bits per heavy atom. The molecule has 1 aromatic heterocycles. The van der Waals surface area contributed by atoms with Crippen molar-refractivity contribution in [2.75, 3.05) is 5.32 Å². The minimum atomic E-state index is -1.07. The molecule has 0 saturated carbocycles. The molecule has 0 aliphatic heterocycles. The minimum absolute atomic E-state index is 0.0657. The van der Waals surface area contributed by atoms with Crippen LogP contribution in [0.25, 0.3) is 11.1 Å². The molecule has 0 saturated heterocycles. The average Bonchev–Trinajstić information content (AvgIpc) is 3.01. The van der Waals surface area contributed by atoms with Gasteiger partial charge in [-0.05, 0) is 38.1 Å². The maximum Gasteiger partial charge on any atom is 0.419 e. The number of oxazole rings is 1. The molecule has 3 rings (SSSR count). The van der Waals surface area contributed by atoms with Gasteiger partial charge in [-0.1, -0.05) is 24.3 Å². The Morgan fingerprint density at radius 1 is 1.10 bits per heavy atom. The number of amides is 1. The Bertz CT molecular complexity index is 1130. The van der Waals surface area contributed by atoms with Crippen LogP contribution < -0.4 is 11.1 Å². The molecule has 29 heavy (non-hydrogen) atoms. The molecular formula is C21H20N2O6. The second kappa shape index (κ2) is 8.55. The number of aryl methyl sites for hydroxylation is 1. The average molecular weight is 396 g/mol. The first-order valence-electron chi connectivity index (χ1n) is 9.05. The number of ketones is 1. The molecule has 0 aliphatic carbocycles. The summed E-state index contributed by atoms with van der Waals surface area (Å²) < 4.78 is 11.6. The zero-order valence-electron chi connectivity index (χ0n) is 16.0. The second-order valence-corrected chi connectivity index (χ2v) is 6.46. The number of nitrogens with zero attached hydrogens (tertiary/aromatic N) is 1. The topological polar surface area (TPSA) is 108 Å². The number of hydrogen-bond acceptors (Lipinski definition) is 6. The fourth-order valence-electron chi connectivity index (χ4n) is 2.87. The number of anilines is 1. The number of rotatable bonds is 7. The van der Waals surface area contributed by atoms with Crippen molar-refractivity contribution in [2.45, 2.75) is 32.9 Å². The van der Waals surface area contributed by atoms with Gasteiger partial charge in [0, 0.05) is 12.1 Å². The molecule has 150 valence electrons. The summed E-state index contributed by atoms with van der Waals surface area (Å²) in [5.41, 5.74) is 1.73. The van der Waals surface area contributed by atoms with Crippen molar-refractivity contribution in [1.82, 2.24) is 4.57 Å². The van der Waals surface area contributed by atoms with E-state index in [2.05, 4.69) is 5.32 Å². The van der Waals surface area contributed by atoms with Gasteiger partial charge in [-0.2, -0.15) is 0 Å². The van der Waals surface area contributed by atoms with Crippen molar-refractivity contribution >= 4 is 34.4 Å². The number of para-hydroxylation sites is 3. The van der Waals surface area contributed by atoms with Crippen molar-refractivity contribution in [3.63, 3.8) is 0 Å². The fourth-order valence-corrected chi connectivity index (χ4v) is 2.87. The highest BCUT2D eigenvalue weighted by molar-refractivity contribution is 6.04. The summed E-state index contributed by atoms with van der Waals surface area (Å²) in [6, 6.07) is 13.5. The summed E-state index contributed by atoms with van der Waals surface area (Å²) >= 11 is 0. The van der Waals surface area contributed by atoms with E-state index in [4.69, 9.17) is 9.15 Å². The Labute approximate surface area is 166 Å². The highest BCUT2D eigenvalue weighted by Gasteiger charge is 2.20. The third kappa shape index (κ3) is 4.60. The third-order valence-electron chi connectivity index (χ3n) is 4.35. The Hall–Kier alpha value is -3.68. The first-order valence-corrected chi connectivity index (χ1v) is 9.05. The van der Waals surface area contributed by atoms with Gasteiger partial charge in [-0.3, -0.25) is 19.0 Å². The smallest absolute Gasteiger partial charge is 0.419 e.